The van der Waals surface area contributed by atoms with Crippen LogP contribution in [0.1, 0.15) is 132 Å². The van der Waals surface area contributed by atoms with Crippen molar-refractivity contribution < 1.29 is 18.7 Å². The number of hydrogen-bond acceptors (Lipinski definition) is 3. The van der Waals surface area contributed by atoms with Gasteiger partial charge in [-0.1, -0.05) is 72.2 Å². The van der Waals surface area contributed by atoms with Gasteiger partial charge in [0.05, 0.1) is 0 Å². The maximum Gasteiger partial charge on any atom is 0.306 e. The van der Waals surface area contributed by atoms with Crippen LogP contribution in [0.2, 0.25) is 0 Å². The van der Waals surface area contributed by atoms with E-state index in [4.69, 9.17) is 4.74 Å². The average Bonchev–Trinajstić information content (AvgIpc) is 2.94. The number of aryl methyl sites for hydroxylation is 1. The summed E-state index contributed by atoms with van der Waals surface area (Å²) in [5, 5.41) is 0. The van der Waals surface area contributed by atoms with E-state index in [9.17, 15) is 14.0 Å². The highest BCUT2D eigenvalue weighted by atomic mass is 19.1. The second kappa shape index (κ2) is 10.5. The van der Waals surface area contributed by atoms with Crippen LogP contribution in [0.4, 0.5) is 4.39 Å². The first-order valence-electron chi connectivity index (χ1n) is 17.6. The number of halogens is 1. The molecule has 0 bridgehead atoms. The molecular weight excluding hydrogens is 547 g/mol. The van der Waals surface area contributed by atoms with Crippen molar-refractivity contribution in [1.82, 2.24) is 0 Å². The molecule has 0 aliphatic heterocycles. The molecule has 0 aromatic heterocycles. The molecule has 0 heterocycles. The third-order valence-corrected chi connectivity index (χ3v) is 15.1. The van der Waals surface area contributed by atoms with Gasteiger partial charge in [-0.25, -0.2) is 4.39 Å². The second-order valence-corrected chi connectivity index (χ2v) is 17.9. The molecule has 0 amide bonds. The number of ether oxygens (including phenoxy) is 1. The monoisotopic (exact) mass is 604 g/mol. The van der Waals surface area contributed by atoms with Gasteiger partial charge in [0.15, 0.2) is 0 Å². The number of rotatable bonds is 5. The summed E-state index contributed by atoms with van der Waals surface area (Å²) in [5.41, 5.74) is 3.11. The highest BCUT2D eigenvalue weighted by Gasteiger charge is 2.69. The molecular formula is C40H57FO3. The first kappa shape index (κ1) is 32.0. The minimum absolute atomic E-state index is 0.0775. The average molecular weight is 605 g/mol. The van der Waals surface area contributed by atoms with Gasteiger partial charge in [0.1, 0.15) is 17.7 Å². The van der Waals surface area contributed by atoms with Crippen LogP contribution in [0.3, 0.4) is 0 Å². The summed E-state index contributed by atoms with van der Waals surface area (Å²) < 4.78 is 19.6. The lowest BCUT2D eigenvalue weighted by Gasteiger charge is -2.71. The fraction of sp³-hybridized carbons (Fsp3) is 0.750. The zero-order valence-corrected chi connectivity index (χ0v) is 28.8. The van der Waals surface area contributed by atoms with E-state index in [-0.39, 0.29) is 50.4 Å². The van der Waals surface area contributed by atoms with Crippen LogP contribution >= 0.6 is 0 Å². The number of fused-ring (bicyclic) bond motifs is 7. The molecule has 5 aliphatic rings. The summed E-state index contributed by atoms with van der Waals surface area (Å²) in [5.74, 6) is 1.49. The first-order valence-corrected chi connectivity index (χ1v) is 17.6. The molecule has 1 unspecified atom stereocenters. The van der Waals surface area contributed by atoms with Crippen molar-refractivity contribution >= 4 is 11.8 Å². The summed E-state index contributed by atoms with van der Waals surface area (Å²) >= 11 is 0. The molecule has 0 spiro atoms. The van der Waals surface area contributed by atoms with Gasteiger partial charge in [-0.2, -0.15) is 0 Å². The van der Waals surface area contributed by atoms with Crippen LogP contribution in [-0.4, -0.2) is 17.9 Å². The Labute approximate surface area is 266 Å². The molecule has 1 aromatic carbocycles. The van der Waals surface area contributed by atoms with E-state index in [2.05, 4.69) is 54.5 Å². The molecule has 4 fully saturated rings. The summed E-state index contributed by atoms with van der Waals surface area (Å²) in [7, 11) is 0. The van der Waals surface area contributed by atoms with E-state index in [1.54, 1.807) is 17.7 Å². The smallest absolute Gasteiger partial charge is 0.306 e. The Hall–Kier alpha value is -1.97. The highest BCUT2D eigenvalue weighted by molar-refractivity contribution is 5.84. The van der Waals surface area contributed by atoms with Gasteiger partial charge in [-0.05, 0) is 135 Å². The minimum Gasteiger partial charge on any atom is -0.462 e. The maximum absolute atomic E-state index is 13.4. The Morgan fingerprint density at radius 3 is 2.23 bits per heavy atom. The van der Waals surface area contributed by atoms with Crippen molar-refractivity contribution in [3.05, 3.63) is 47.3 Å². The van der Waals surface area contributed by atoms with Crippen molar-refractivity contribution in [3.8, 4) is 0 Å². The number of hydrogen-bond donors (Lipinski definition) is 0. The molecule has 5 aliphatic carbocycles. The minimum atomic E-state index is -0.254. The number of carbonyl (C=O) groups is 2. The van der Waals surface area contributed by atoms with Gasteiger partial charge in [0.25, 0.3) is 0 Å². The normalized spacial score (nSPS) is 42.1. The van der Waals surface area contributed by atoms with E-state index in [0.29, 0.717) is 36.4 Å². The fourth-order valence-corrected chi connectivity index (χ4v) is 12.2. The highest BCUT2D eigenvalue weighted by Crippen LogP contribution is 2.76. The van der Waals surface area contributed by atoms with Crippen molar-refractivity contribution in [3.63, 3.8) is 0 Å². The third-order valence-electron chi connectivity index (χ3n) is 15.1. The lowest BCUT2D eigenvalue weighted by molar-refractivity contribution is -0.212. The standard InChI is InChI=1S/C40H57FO3/c1-26(42)40-23-21-35(2,3)25-30(40)29-14-15-32-37(6)19-18-33(44-34(43)16-11-27-9-12-28(41)13-10-27)36(4,5)31(37)17-20-39(32,8)38(29,7)22-24-40/h9-10,12-14,30-33H,11,15-25H2,1-8H3/t30-,31?,32+,33-,37-,38+,39+,40+/m0/s1. The van der Waals surface area contributed by atoms with Crippen LogP contribution in [0, 0.1) is 56.1 Å². The van der Waals surface area contributed by atoms with E-state index < -0.39 is 0 Å². The second-order valence-electron chi connectivity index (χ2n) is 17.9. The Balaban J connectivity index is 1.24. The van der Waals surface area contributed by atoms with E-state index in [0.717, 1.165) is 63.4 Å². The molecule has 6 rings (SSSR count). The Morgan fingerprint density at radius 1 is 0.864 bits per heavy atom. The van der Waals surface area contributed by atoms with Crippen LogP contribution in [0.15, 0.2) is 35.9 Å². The topological polar surface area (TPSA) is 43.4 Å². The fourth-order valence-electron chi connectivity index (χ4n) is 12.2. The van der Waals surface area contributed by atoms with Gasteiger partial charge in [0, 0.05) is 17.3 Å². The lowest BCUT2D eigenvalue weighted by atomic mass is 9.33. The van der Waals surface area contributed by atoms with Crippen molar-refractivity contribution in [2.45, 2.75) is 139 Å². The molecule has 4 heteroatoms. The molecule has 44 heavy (non-hydrogen) atoms. The maximum atomic E-state index is 13.4. The van der Waals surface area contributed by atoms with Gasteiger partial charge in [-0.3, -0.25) is 9.59 Å². The molecule has 3 nitrogen and oxygen atoms in total. The van der Waals surface area contributed by atoms with E-state index in [1.807, 2.05) is 6.92 Å². The first-order chi connectivity index (χ1) is 20.5. The third kappa shape index (κ3) is 4.69. The number of allylic oxidation sites excluding steroid dienone is 2. The molecule has 0 saturated heterocycles. The van der Waals surface area contributed by atoms with Gasteiger partial charge < -0.3 is 4.74 Å². The molecule has 242 valence electrons. The number of carbonyl (C=O) groups excluding carboxylic acids is 2. The number of ketones is 1. The summed E-state index contributed by atoms with van der Waals surface area (Å²) in [6, 6.07) is 6.41. The molecule has 1 aromatic rings. The molecule has 0 N–H and O–H groups in total. The quantitative estimate of drug-likeness (QED) is 0.248. The van der Waals surface area contributed by atoms with Crippen molar-refractivity contribution in [2.75, 3.05) is 0 Å². The van der Waals surface area contributed by atoms with Gasteiger partial charge >= 0.3 is 5.97 Å². The zero-order valence-electron chi connectivity index (χ0n) is 28.8. The Morgan fingerprint density at radius 2 is 1.55 bits per heavy atom. The van der Waals surface area contributed by atoms with Crippen LogP contribution in [0.5, 0.6) is 0 Å². The summed E-state index contributed by atoms with van der Waals surface area (Å²) in [4.78, 5) is 26.4. The van der Waals surface area contributed by atoms with Crippen LogP contribution in [-0.2, 0) is 20.7 Å². The largest absolute Gasteiger partial charge is 0.462 e. The summed E-state index contributed by atoms with van der Waals surface area (Å²) in [6.07, 6.45) is 14.4. The van der Waals surface area contributed by atoms with Crippen molar-refractivity contribution in [2.24, 2.45) is 50.2 Å². The molecule has 0 radical (unpaired) electrons. The van der Waals surface area contributed by atoms with E-state index >= 15 is 0 Å². The number of Topliss-reactive ketones (excluding diaryl/α,β-unsaturated/α-hetero) is 1. The number of esters is 1. The van der Waals surface area contributed by atoms with Crippen LogP contribution in [0.25, 0.3) is 0 Å². The zero-order chi connectivity index (χ0) is 31.9. The molecule has 4 saturated carbocycles. The van der Waals surface area contributed by atoms with Crippen molar-refractivity contribution in [1.29, 1.82) is 0 Å². The summed E-state index contributed by atoms with van der Waals surface area (Å²) in [6.45, 7) is 19.2. The molecule has 8 atom stereocenters. The predicted octanol–water partition coefficient (Wildman–Crippen LogP) is 10.1. The Bertz CT molecular complexity index is 1340. The number of benzene rings is 1. The SMILES string of the molecule is CC(=O)[C@]12CCC(C)(C)C[C@H]1C1=CC[C@@H]3[C@@]4(C)CC[C@H](OC(=O)CCc5ccc(F)cc5)C(C)(C)C4CC[C@@]3(C)[C@]1(C)CC2. The Kier molecular flexibility index (Phi) is 7.65. The van der Waals surface area contributed by atoms with E-state index in [1.165, 1.54) is 18.6 Å². The predicted molar refractivity (Wildman–Crippen MR) is 174 cm³/mol. The lowest BCUT2D eigenvalue weighted by Crippen LogP contribution is -2.65. The van der Waals surface area contributed by atoms with Gasteiger partial charge in [-0.15, -0.1) is 0 Å². The van der Waals surface area contributed by atoms with Crippen LogP contribution < -0.4 is 0 Å². The van der Waals surface area contributed by atoms with Gasteiger partial charge in [0.2, 0.25) is 0 Å².